The van der Waals surface area contributed by atoms with Gasteiger partial charge in [0.1, 0.15) is 0 Å². The van der Waals surface area contributed by atoms with E-state index in [1.165, 1.54) is 21.9 Å². The molecule has 0 atom stereocenters. The summed E-state index contributed by atoms with van der Waals surface area (Å²) in [5.74, 6) is 0. The molecule has 172 valence electrons. The fourth-order valence-corrected chi connectivity index (χ4v) is 4.69. The van der Waals surface area contributed by atoms with Crippen LogP contribution in [0.5, 0.6) is 0 Å². The maximum atomic E-state index is 3.70. The van der Waals surface area contributed by atoms with E-state index in [1.54, 1.807) is 0 Å². The number of hydrogen-bond acceptors (Lipinski definition) is 1. The van der Waals surface area contributed by atoms with E-state index >= 15 is 0 Å². The molecule has 0 aliphatic rings. The topological polar surface area (TPSA) is 19.0 Å². The summed E-state index contributed by atoms with van der Waals surface area (Å²) in [5.41, 5.74) is 8.70. The second-order valence-corrected chi connectivity index (χ2v) is 11.3. The van der Waals surface area contributed by atoms with Crippen LogP contribution in [-0.4, -0.2) is 4.98 Å². The lowest BCUT2D eigenvalue weighted by Gasteiger charge is -2.28. The molecule has 0 aliphatic carbocycles. The zero-order valence-corrected chi connectivity index (χ0v) is 21.1. The molecular weight excluding hydrogens is 412 g/mol. The predicted octanol–water partition coefficient (Wildman–Crippen LogP) is 9.39. The lowest BCUT2D eigenvalue weighted by Crippen LogP contribution is -2.14. The molecule has 0 aliphatic heterocycles. The van der Waals surface area contributed by atoms with Crippen molar-refractivity contribution in [3.05, 3.63) is 102 Å². The van der Waals surface area contributed by atoms with E-state index in [4.69, 9.17) is 0 Å². The van der Waals surface area contributed by atoms with Crippen molar-refractivity contribution >= 4 is 38.9 Å². The van der Waals surface area contributed by atoms with E-state index in [2.05, 4.69) is 142 Å². The Hall–Kier alpha value is -3.52. The number of benzene rings is 4. The highest BCUT2D eigenvalue weighted by Crippen LogP contribution is 2.41. The first-order valence-electron chi connectivity index (χ1n) is 12.1. The number of aromatic nitrogens is 1. The number of nitrogens with one attached hydrogen (secondary N) is 1. The van der Waals surface area contributed by atoms with Crippen molar-refractivity contribution in [3.63, 3.8) is 0 Å². The van der Waals surface area contributed by atoms with Crippen LogP contribution in [0.1, 0.15) is 52.7 Å². The molecule has 5 rings (SSSR count). The lowest BCUT2D eigenvalue weighted by atomic mass is 9.86. The summed E-state index contributed by atoms with van der Waals surface area (Å²) in [5, 5.41) is 2.50. The van der Waals surface area contributed by atoms with Gasteiger partial charge in [-0.15, -0.1) is 0 Å². The Morgan fingerprint density at radius 3 is 1.56 bits per heavy atom. The molecule has 0 unspecified atom stereocenters. The highest BCUT2D eigenvalue weighted by Gasteiger charge is 2.20. The number of para-hydroxylation sites is 2. The van der Waals surface area contributed by atoms with Gasteiger partial charge in [0.05, 0.1) is 11.2 Å². The number of fused-ring (bicyclic) bond motifs is 3. The van der Waals surface area contributed by atoms with Gasteiger partial charge in [0, 0.05) is 27.7 Å². The van der Waals surface area contributed by atoms with E-state index in [0.29, 0.717) is 0 Å². The average molecular weight is 447 g/mol. The van der Waals surface area contributed by atoms with Crippen LogP contribution in [0.2, 0.25) is 0 Å². The zero-order valence-electron chi connectivity index (χ0n) is 21.1. The third kappa shape index (κ3) is 3.98. The number of nitrogens with zero attached hydrogens (tertiary/aromatic N) is 1. The van der Waals surface area contributed by atoms with Crippen molar-refractivity contribution in [1.82, 2.24) is 4.98 Å². The van der Waals surface area contributed by atoms with Gasteiger partial charge < -0.3 is 9.88 Å². The number of aromatic amines is 1. The van der Waals surface area contributed by atoms with Crippen LogP contribution in [0.3, 0.4) is 0 Å². The van der Waals surface area contributed by atoms with Gasteiger partial charge in [0.15, 0.2) is 0 Å². The largest absolute Gasteiger partial charge is 0.353 e. The Balaban J connectivity index is 1.72. The van der Waals surface area contributed by atoms with Crippen molar-refractivity contribution in [2.45, 2.75) is 52.4 Å². The molecule has 0 fully saturated rings. The summed E-state index contributed by atoms with van der Waals surface area (Å²) in [6.07, 6.45) is 0. The summed E-state index contributed by atoms with van der Waals surface area (Å²) in [6.45, 7) is 13.6. The minimum absolute atomic E-state index is 0.120. The standard InChI is InChI=1S/C32H34N2/c1-31(2,3)22-14-18-24(19-15-22)34(25-20-16-23(17-21-25)32(4,5)6)29-13-9-11-27-26-10-7-8-12-28(26)33-30(27)29/h7-21,33H,1-6H3. The SMILES string of the molecule is CC(C)(C)c1ccc(N(c2ccc(C(C)(C)C)cc2)c2cccc3c2[nH]c2ccccc23)cc1. The third-order valence-corrected chi connectivity index (χ3v) is 6.74. The fourth-order valence-electron chi connectivity index (χ4n) is 4.69. The van der Waals surface area contributed by atoms with Crippen molar-refractivity contribution in [2.75, 3.05) is 4.90 Å². The second-order valence-electron chi connectivity index (χ2n) is 11.3. The van der Waals surface area contributed by atoms with Gasteiger partial charge in [0.2, 0.25) is 0 Å². The Bertz CT molecular complexity index is 1380. The lowest BCUT2D eigenvalue weighted by molar-refractivity contribution is 0.590. The highest BCUT2D eigenvalue weighted by atomic mass is 15.1. The predicted molar refractivity (Wildman–Crippen MR) is 148 cm³/mol. The van der Waals surface area contributed by atoms with E-state index in [-0.39, 0.29) is 10.8 Å². The van der Waals surface area contributed by atoms with Crippen molar-refractivity contribution in [1.29, 1.82) is 0 Å². The number of anilines is 3. The van der Waals surface area contributed by atoms with Gasteiger partial charge >= 0.3 is 0 Å². The van der Waals surface area contributed by atoms with Crippen LogP contribution in [0, 0.1) is 0 Å². The van der Waals surface area contributed by atoms with Gasteiger partial charge in [-0.1, -0.05) is 96.1 Å². The van der Waals surface area contributed by atoms with E-state index < -0.39 is 0 Å². The Morgan fingerprint density at radius 2 is 1.03 bits per heavy atom. The maximum absolute atomic E-state index is 3.70. The van der Waals surface area contributed by atoms with E-state index in [9.17, 15) is 0 Å². The first-order chi connectivity index (χ1) is 16.1. The van der Waals surface area contributed by atoms with E-state index in [0.717, 1.165) is 28.1 Å². The summed E-state index contributed by atoms with van der Waals surface area (Å²) in [6, 6.07) is 33.2. The summed E-state index contributed by atoms with van der Waals surface area (Å²) in [4.78, 5) is 6.07. The van der Waals surface area contributed by atoms with Crippen LogP contribution in [0.15, 0.2) is 91.0 Å². The Morgan fingerprint density at radius 1 is 0.529 bits per heavy atom. The first-order valence-corrected chi connectivity index (χ1v) is 12.1. The average Bonchev–Trinajstić information content (AvgIpc) is 3.18. The Kier molecular flexibility index (Phi) is 5.28. The minimum Gasteiger partial charge on any atom is -0.353 e. The molecule has 0 spiro atoms. The molecule has 0 radical (unpaired) electrons. The third-order valence-electron chi connectivity index (χ3n) is 6.74. The van der Waals surface area contributed by atoms with Gasteiger partial charge in [0.25, 0.3) is 0 Å². The minimum atomic E-state index is 0.120. The van der Waals surface area contributed by atoms with Gasteiger partial charge in [-0.05, 0) is 58.4 Å². The second kappa shape index (κ2) is 8.06. The molecule has 0 saturated heterocycles. The molecule has 1 aromatic heterocycles. The smallest absolute Gasteiger partial charge is 0.0709 e. The summed E-state index contributed by atoms with van der Waals surface area (Å²) in [7, 11) is 0. The molecule has 2 heteroatoms. The van der Waals surface area contributed by atoms with Gasteiger partial charge in [-0.2, -0.15) is 0 Å². The molecule has 1 N–H and O–H groups in total. The Labute approximate surface area is 203 Å². The number of rotatable bonds is 3. The molecule has 34 heavy (non-hydrogen) atoms. The fraction of sp³-hybridized carbons (Fsp3) is 0.250. The molecule has 4 aromatic carbocycles. The molecular formula is C32H34N2. The van der Waals surface area contributed by atoms with Crippen molar-refractivity contribution in [3.8, 4) is 0 Å². The molecule has 1 heterocycles. The molecule has 0 bridgehead atoms. The molecule has 0 saturated carbocycles. The summed E-state index contributed by atoms with van der Waals surface area (Å²) >= 11 is 0. The van der Waals surface area contributed by atoms with Crippen LogP contribution < -0.4 is 4.90 Å². The van der Waals surface area contributed by atoms with Crippen molar-refractivity contribution in [2.24, 2.45) is 0 Å². The van der Waals surface area contributed by atoms with Crippen LogP contribution >= 0.6 is 0 Å². The maximum Gasteiger partial charge on any atom is 0.0709 e. The van der Waals surface area contributed by atoms with E-state index in [1.807, 2.05) is 0 Å². The molecule has 0 amide bonds. The van der Waals surface area contributed by atoms with Crippen LogP contribution in [0.4, 0.5) is 17.1 Å². The monoisotopic (exact) mass is 446 g/mol. The molecule has 2 nitrogen and oxygen atoms in total. The van der Waals surface area contributed by atoms with Crippen LogP contribution in [-0.2, 0) is 10.8 Å². The van der Waals surface area contributed by atoms with Gasteiger partial charge in [-0.3, -0.25) is 0 Å². The zero-order chi connectivity index (χ0) is 24.1. The highest BCUT2D eigenvalue weighted by molar-refractivity contribution is 6.12. The summed E-state index contributed by atoms with van der Waals surface area (Å²) < 4.78 is 0. The number of H-pyrrole nitrogens is 1. The number of hydrogen-bond donors (Lipinski definition) is 1. The van der Waals surface area contributed by atoms with Crippen molar-refractivity contribution < 1.29 is 0 Å². The van der Waals surface area contributed by atoms with Crippen LogP contribution in [0.25, 0.3) is 21.8 Å². The molecule has 5 aromatic rings. The normalized spacial score (nSPS) is 12.4. The van der Waals surface area contributed by atoms with Gasteiger partial charge in [-0.25, -0.2) is 0 Å². The first kappa shape index (κ1) is 22.3. The quantitative estimate of drug-likeness (QED) is 0.292.